The van der Waals surface area contributed by atoms with Gasteiger partial charge in [0.05, 0.1) is 31.1 Å². The number of hydrogen-bond acceptors (Lipinski definition) is 13. The number of pyridine rings is 1. The number of aromatic amines is 1. The molecular formula is C49H61F2N6O10PS2. The van der Waals surface area contributed by atoms with Crippen molar-refractivity contribution in [2.24, 2.45) is 23.7 Å². The van der Waals surface area contributed by atoms with Crippen LogP contribution in [0.3, 0.4) is 0 Å². The molecule has 16 nitrogen and oxygen atoms in total. The van der Waals surface area contributed by atoms with E-state index in [-0.39, 0.29) is 107 Å². The molecule has 6 rings (SSSR count). The second kappa shape index (κ2) is 24.0. The highest BCUT2D eigenvalue weighted by atomic mass is 32.2. The number of nitriles is 1. The Kier molecular flexibility index (Phi) is 18.6. The minimum atomic E-state index is -5.30. The van der Waals surface area contributed by atoms with Crippen LogP contribution in [0.2, 0.25) is 0 Å². The average molecular weight is 1030 g/mol. The van der Waals surface area contributed by atoms with Crippen molar-refractivity contribution in [2.45, 2.75) is 90.4 Å². The standard InChI is InChI=1S/C49H61F2N6O10PS2/c1-30(2)20-44(60)69-18-16-66-68(65,67-17-19-70-45(61)21-31(3)4)49(50,51)39-9-8-33-6-7-35(22-36(33)23-39)46(62)54-26-38-28-55(32(5)58)15-13-40-10-11-42(57(40)47(38)63)48(64)56-27-37(25-52)41(29-56)34-12-14-53-43(59)24-34/h6-9,12,14,22-24,30-31,37-38,40-42H,10-11,13,15-21,26-29H2,1-5H3,(H,53,59)(H,54,62)/t37-,38?,40-,41+,42+/m1/s1. The summed E-state index contributed by atoms with van der Waals surface area (Å²) in [6, 6.07) is 12.2. The third-order valence-corrected chi connectivity index (χ3v) is 16.4. The first kappa shape index (κ1) is 54.4. The van der Waals surface area contributed by atoms with Crippen LogP contribution in [0.15, 0.2) is 59.5 Å². The van der Waals surface area contributed by atoms with Gasteiger partial charge >= 0.3 is 13.3 Å². The van der Waals surface area contributed by atoms with Crippen molar-refractivity contribution in [3.63, 3.8) is 0 Å². The number of benzene rings is 2. The molecule has 3 aliphatic rings. The maximum Gasteiger partial charge on any atom is 0.404 e. The topological polar surface area (TPSA) is 216 Å². The average Bonchev–Trinajstić information content (AvgIpc) is 3.94. The molecule has 21 heteroatoms. The van der Waals surface area contributed by atoms with Gasteiger partial charge in [-0.15, -0.1) is 0 Å². The second-order valence-corrected chi connectivity index (χ2v) is 23.2. The highest BCUT2D eigenvalue weighted by Gasteiger charge is 2.55. The lowest BCUT2D eigenvalue weighted by Gasteiger charge is -2.39. The Morgan fingerprint density at radius 2 is 1.53 bits per heavy atom. The van der Waals surface area contributed by atoms with E-state index in [9.17, 15) is 43.4 Å². The largest absolute Gasteiger partial charge is 0.404 e. The van der Waals surface area contributed by atoms with Crippen molar-refractivity contribution in [1.82, 2.24) is 25.0 Å². The molecule has 0 saturated carbocycles. The Labute approximate surface area is 414 Å². The SMILES string of the molecule is CC(=O)N1CC[C@H]2CC[C@@H](C(=O)N3C[C@@H](C#N)[C@H](c4cc[nH]c(=O)c4)C3)N2C(=O)C(CNC(=O)c2ccc3ccc(C(F)(F)P(=O)(OCCSC(=O)CC(C)C)OCCSC(=O)CC(C)C)cc3c2)C1. The van der Waals surface area contributed by atoms with Gasteiger partial charge in [0.1, 0.15) is 6.04 Å². The Morgan fingerprint density at radius 3 is 2.14 bits per heavy atom. The van der Waals surface area contributed by atoms with Crippen molar-refractivity contribution in [3.05, 3.63) is 81.8 Å². The van der Waals surface area contributed by atoms with Gasteiger partial charge in [0.25, 0.3) is 5.91 Å². The first-order valence-corrected chi connectivity index (χ1v) is 27.1. The minimum Gasteiger partial charge on any atom is -0.351 e. The number of halogens is 2. The summed E-state index contributed by atoms with van der Waals surface area (Å²) in [6.45, 7) is 8.26. The number of fused-ring (bicyclic) bond motifs is 2. The van der Waals surface area contributed by atoms with Gasteiger partial charge in [0.2, 0.25) is 23.3 Å². The summed E-state index contributed by atoms with van der Waals surface area (Å²) >= 11 is 1.76. The molecule has 2 aromatic carbocycles. The van der Waals surface area contributed by atoms with Crippen molar-refractivity contribution < 1.29 is 51.2 Å². The summed E-state index contributed by atoms with van der Waals surface area (Å²) in [6.07, 6.45) is 3.33. The molecule has 0 aliphatic carbocycles. The lowest BCUT2D eigenvalue weighted by molar-refractivity contribution is -0.150. The lowest BCUT2D eigenvalue weighted by atomic mass is 9.91. The molecule has 70 heavy (non-hydrogen) atoms. The van der Waals surface area contributed by atoms with Gasteiger partial charge in [-0.25, -0.2) is 0 Å². The zero-order chi connectivity index (χ0) is 50.9. The molecule has 4 amide bonds. The van der Waals surface area contributed by atoms with Crippen LogP contribution in [0.1, 0.15) is 94.1 Å². The number of nitrogens with zero attached hydrogens (tertiary/aromatic N) is 4. The highest BCUT2D eigenvalue weighted by molar-refractivity contribution is 8.13. The fourth-order valence-corrected chi connectivity index (χ4v) is 12.6. The zero-order valence-electron chi connectivity index (χ0n) is 40.0. The number of alkyl halides is 2. The Morgan fingerprint density at radius 1 is 0.871 bits per heavy atom. The van der Waals surface area contributed by atoms with E-state index in [1.807, 2.05) is 27.7 Å². The third-order valence-electron chi connectivity index (χ3n) is 12.7. The van der Waals surface area contributed by atoms with E-state index in [4.69, 9.17) is 9.05 Å². The van der Waals surface area contributed by atoms with Crippen LogP contribution in [0.5, 0.6) is 0 Å². The molecule has 3 fully saturated rings. The predicted octanol–water partition coefficient (Wildman–Crippen LogP) is 7.14. The number of carbonyl (C=O) groups is 6. The highest BCUT2D eigenvalue weighted by Crippen LogP contribution is 2.67. The van der Waals surface area contributed by atoms with Gasteiger partial charge in [-0.1, -0.05) is 69.4 Å². The maximum absolute atomic E-state index is 16.6. The molecule has 1 aromatic heterocycles. The summed E-state index contributed by atoms with van der Waals surface area (Å²) in [5, 5.41) is 13.1. The maximum atomic E-state index is 16.6. The normalized spacial score (nSPS) is 20.9. The zero-order valence-corrected chi connectivity index (χ0v) is 42.6. The molecular weight excluding hydrogens is 966 g/mol. The number of aromatic nitrogens is 1. The van der Waals surface area contributed by atoms with E-state index < -0.39 is 67.6 Å². The molecule has 0 spiro atoms. The summed E-state index contributed by atoms with van der Waals surface area (Å²) in [4.78, 5) is 99.4. The summed E-state index contributed by atoms with van der Waals surface area (Å²) < 4.78 is 57.9. The number of hydrogen-bond donors (Lipinski definition) is 2. The van der Waals surface area contributed by atoms with Crippen LogP contribution in [-0.2, 0) is 43.2 Å². The molecule has 3 aliphatic heterocycles. The van der Waals surface area contributed by atoms with E-state index in [0.29, 0.717) is 36.8 Å². The van der Waals surface area contributed by atoms with Crippen molar-refractivity contribution in [1.29, 1.82) is 5.26 Å². The fraction of sp³-hybridized carbons (Fsp3) is 0.551. The smallest absolute Gasteiger partial charge is 0.351 e. The van der Waals surface area contributed by atoms with Gasteiger partial charge < -0.3 is 34.0 Å². The first-order chi connectivity index (χ1) is 33.2. The molecule has 4 heterocycles. The number of nitrogens with one attached hydrogen (secondary N) is 2. The number of amides is 4. The Bertz CT molecular complexity index is 2560. The molecule has 378 valence electrons. The van der Waals surface area contributed by atoms with Crippen molar-refractivity contribution >= 4 is 75.8 Å². The Hall–Kier alpha value is -4.93. The van der Waals surface area contributed by atoms with Crippen LogP contribution in [0.4, 0.5) is 8.78 Å². The van der Waals surface area contributed by atoms with Gasteiger partial charge in [-0.05, 0) is 71.7 Å². The monoisotopic (exact) mass is 1030 g/mol. The van der Waals surface area contributed by atoms with Gasteiger partial charge in [0.15, 0.2) is 10.2 Å². The van der Waals surface area contributed by atoms with Crippen LogP contribution in [-0.4, -0.2) is 123 Å². The minimum absolute atomic E-state index is 0.0380. The van der Waals surface area contributed by atoms with Gasteiger partial charge in [-0.3, -0.25) is 38.1 Å². The molecule has 3 aromatic rings. The molecule has 0 radical (unpaired) electrons. The first-order valence-electron chi connectivity index (χ1n) is 23.6. The van der Waals surface area contributed by atoms with Gasteiger partial charge in [-0.2, -0.15) is 14.0 Å². The quantitative estimate of drug-likeness (QED) is 0.0903. The van der Waals surface area contributed by atoms with E-state index >= 15 is 8.78 Å². The Balaban J connectivity index is 1.18. The summed E-state index contributed by atoms with van der Waals surface area (Å²) in [5.74, 6) is -3.50. The van der Waals surface area contributed by atoms with Crippen LogP contribution >= 0.6 is 31.1 Å². The molecule has 0 bridgehead atoms. The van der Waals surface area contributed by atoms with Crippen molar-refractivity contribution in [3.8, 4) is 6.07 Å². The fourth-order valence-electron chi connectivity index (χ4n) is 9.15. The van der Waals surface area contributed by atoms with E-state index in [1.165, 1.54) is 37.4 Å². The molecule has 5 atom stereocenters. The number of carbonyl (C=O) groups excluding carboxylic acids is 6. The summed E-state index contributed by atoms with van der Waals surface area (Å²) in [7, 11) is -5.30. The van der Waals surface area contributed by atoms with E-state index in [1.54, 1.807) is 26.8 Å². The third kappa shape index (κ3) is 13.3. The number of likely N-dealkylation sites (tertiary alicyclic amines) is 1. The molecule has 3 saturated heterocycles. The van der Waals surface area contributed by atoms with Crippen LogP contribution < -0.4 is 10.9 Å². The van der Waals surface area contributed by atoms with Gasteiger partial charge in [0, 0.05) is 99.3 Å². The van der Waals surface area contributed by atoms with Crippen LogP contribution in [0.25, 0.3) is 10.8 Å². The second-order valence-electron chi connectivity index (χ2n) is 18.8. The molecule has 1 unspecified atom stereocenters. The number of thioether (sulfide) groups is 2. The molecule has 2 N–H and O–H groups in total. The van der Waals surface area contributed by atoms with Crippen molar-refractivity contribution in [2.75, 3.05) is 57.4 Å². The lowest BCUT2D eigenvalue weighted by Crippen LogP contribution is -2.57. The summed E-state index contributed by atoms with van der Waals surface area (Å²) in [5.41, 5.74) is -4.55. The van der Waals surface area contributed by atoms with E-state index in [2.05, 4.69) is 16.4 Å². The van der Waals surface area contributed by atoms with Crippen LogP contribution in [0, 0.1) is 35.0 Å². The number of H-pyrrole nitrogens is 1. The predicted molar refractivity (Wildman–Crippen MR) is 263 cm³/mol. The number of rotatable bonds is 19. The van der Waals surface area contributed by atoms with E-state index in [0.717, 1.165) is 35.7 Å².